The van der Waals surface area contributed by atoms with E-state index < -0.39 is 0 Å². The molecule has 6 nitrogen and oxygen atoms in total. The predicted molar refractivity (Wildman–Crippen MR) is 130 cm³/mol. The minimum absolute atomic E-state index is 0.547. The molecule has 2 aliphatic rings. The molecule has 4 rings (SSSR count). The highest BCUT2D eigenvalue weighted by Gasteiger charge is 2.18. The van der Waals surface area contributed by atoms with Gasteiger partial charge in [-0.3, -0.25) is 4.79 Å². The number of ether oxygens (including phenoxy) is 1. The smallest absolute Gasteiger partial charge is 0.212 e. The highest BCUT2D eigenvalue weighted by Crippen LogP contribution is 2.25. The van der Waals surface area contributed by atoms with Crippen LogP contribution in [-0.2, 0) is 4.79 Å². The molecule has 1 amide bonds. The molecule has 32 heavy (non-hydrogen) atoms. The third-order valence-electron chi connectivity index (χ3n) is 6.55. The zero-order valence-corrected chi connectivity index (χ0v) is 19.9. The summed E-state index contributed by atoms with van der Waals surface area (Å²) in [6, 6.07) is 8.65. The fourth-order valence-electron chi connectivity index (χ4n) is 4.64. The number of nitrogens with zero attached hydrogens (tertiary/aromatic N) is 4. The monoisotopic (exact) mass is 438 g/mol. The Kier molecular flexibility index (Phi) is 9.32. The third-order valence-corrected chi connectivity index (χ3v) is 6.55. The van der Waals surface area contributed by atoms with Crippen LogP contribution >= 0.6 is 0 Å². The molecule has 0 radical (unpaired) electrons. The first-order valence-electron chi connectivity index (χ1n) is 12.1. The summed E-state index contributed by atoms with van der Waals surface area (Å²) in [7, 11) is 1.62. The molecule has 2 fully saturated rings. The van der Waals surface area contributed by atoms with Gasteiger partial charge < -0.3 is 14.5 Å². The first-order valence-corrected chi connectivity index (χ1v) is 12.1. The molecule has 1 atom stereocenters. The van der Waals surface area contributed by atoms with Crippen LogP contribution in [0.3, 0.4) is 0 Å². The van der Waals surface area contributed by atoms with Crippen LogP contribution in [0.2, 0.25) is 0 Å². The van der Waals surface area contributed by atoms with Crippen LogP contribution in [0, 0.1) is 5.92 Å². The van der Waals surface area contributed by atoms with Crippen molar-refractivity contribution in [2.24, 2.45) is 5.92 Å². The van der Waals surface area contributed by atoms with Crippen molar-refractivity contribution in [3.8, 4) is 17.0 Å². The third kappa shape index (κ3) is 6.68. The highest BCUT2D eigenvalue weighted by molar-refractivity contribution is 5.63. The Morgan fingerprint density at radius 1 is 1.03 bits per heavy atom. The van der Waals surface area contributed by atoms with Crippen molar-refractivity contribution in [3.05, 3.63) is 36.7 Å². The van der Waals surface area contributed by atoms with Gasteiger partial charge in [0.25, 0.3) is 0 Å². The van der Waals surface area contributed by atoms with Crippen LogP contribution in [0.1, 0.15) is 58.8 Å². The van der Waals surface area contributed by atoms with Crippen molar-refractivity contribution in [1.82, 2.24) is 14.9 Å². The van der Waals surface area contributed by atoms with E-state index in [0.717, 1.165) is 48.9 Å². The summed E-state index contributed by atoms with van der Waals surface area (Å²) >= 11 is 0. The molecular weight excluding hydrogens is 400 g/mol. The summed E-state index contributed by atoms with van der Waals surface area (Å²) < 4.78 is 5.08. The standard InChI is InChI=1S/C17H21N3O.C9H17NO/c1-13-4-3-9-20(12-13)16-7-5-14(10-18-16)15-6-8-17(21-2)19-11-15;1-2-10(8-11)9-6-4-3-5-7-9/h5-8,10-11,13H,3-4,9,12H2,1-2H3;8-9H,2-7H2,1H3. The van der Waals surface area contributed by atoms with E-state index >= 15 is 0 Å². The molecule has 0 aromatic carbocycles. The number of methoxy groups -OCH3 is 1. The van der Waals surface area contributed by atoms with Crippen LogP contribution < -0.4 is 9.64 Å². The Balaban J connectivity index is 0.000000222. The van der Waals surface area contributed by atoms with Crippen molar-refractivity contribution in [1.29, 1.82) is 0 Å². The molecule has 1 aliphatic heterocycles. The lowest BCUT2D eigenvalue weighted by Crippen LogP contribution is -2.35. The van der Waals surface area contributed by atoms with E-state index in [0.29, 0.717) is 11.9 Å². The van der Waals surface area contributed by atoms with E-state index in [4.69, 9.17) is 4.74 Å². The van der Waals surface area contributed by atoms with Gasteiger partial charge in [-0.05, 0) is 56.7 Å². The molecule has 6 heteroatoms. The lowest BCUT2D eigenvalue weighted by Gasteiger charge is -2.31. The molecule has 174 valence electrons. The Morgan fingerprint density at radius 2 is 1.75 bits per heavy atom. The highest BCUT2D eigenvalue weighted by atomic mass is 16.5. The van der Waals surface area contributed by atoms with E-state index in [2.05, 4.69) is 33.9 Å². The fourth-order valence-corrected chi connectivity index (χ4v) is 4.64. The molecule has 1 unspecified atom stereocenters. The van der Waals surface area contributed by atoms with E-state index in [9.17, 15) is 4.79 Å². The molecule has 2 aromatic heterocycles. The molecule has 1 saturated carbocycles. The second kappa shape index (κ2) is 12.4. The maximum Gasteiger partial charge on any atom is 0.212 e. The van der Waals surface area contributed by atoms with Gasteiger partial charge in [0.2, 0.25) is 12.3 Å². The quantitative estimate of drug-likeness (QED) is 0.581. The van der Waals surface area contributed by atoms with E-state index in [1.165, 1.54) is 44.9 Å². The number of rotatable bonds is 6. The summed E-state index contributed by atoms with van der Waals surface area (Å²) in [5.74, 6) is 2.46. The molecule has 0 spiro atoms. The number of hydrogen-bond acceptors (Lipinski definition) is 5. The van der Waals surface area contributed by atoms with Gasteiger partial charge in [-0.15, -0.1) is 0 Å². The lowest BCUT2D eigenvalue weighted by molar-refractivity contribution is -0.120. The number of carbonyl (C=O) groups excluding carboxylic acids is 1. The first kappa shape index (κ1) is 24.0. The van der Waals surface area contributed by atoms with Gasteiger partial charge in [-0.2, -0.15) is 0 Å². The summed E-state index contributed by atoms with van der Waals surface area (Å²) in [4.78, 5) is 23.7. The van der Waals surface area contributed by atoms with Gasteiger partial charge in [0, 0.05) is 55.3 Å². The van der Waals surface area contributed by atoms with Gasteiger partial charge in [0.05, 0.1) is 7.11 Å². The van der Waals surface area contributed by atoms with Gasteiger partial charge in [-0.25, -0.2) is 9.97 Å². The maximum atomic E-state index is 10.6. The largest absolute Gasteiger partial charge is 0.481 e. The number of aromatic nitrogens is 2. The number of pyridine rings is 2. The van der Waals surface area contributed by atoms with Crippen molar-refractivity contribution < 1.29 is 9.53 Å². The second-order valence-electron chi connectivity index (χ2n) is 8.92. The number of piperidine rings is 1. The number of anilines is 1. The van der Waals surface area contributed by atoms with Crippen molar-refractivity contribution >= 4 is 12.2 Å². The fraction of sp³-hybridized carbons (Fsp3) is 0.577. The van der Waals surface area contributed by atoms with Gasteiger partial charge in [0.15, 0.2) is 0 Å². The van der Waals surface area contributed by atoms with Crippen LogP contribution in [0.25, 0.3) is 11.1 Å². The average Bonchev–Trinajstić information content (AvgIpc) is 2.86. The normalized spacial score (nSPS) is 19.0. The Hall–Kier alpha value is -2.63. The zero-order valence-electron chi connectivity index (χ0n) is 19.9. The zero-order chi connectivity index (χ0) is 22.8. The molecule has 2 aromatic rings. The lowest BCUT2D eigenvalue weighted by atomic mass is 9.94. The molecule has 0 bridgehead atoms. The summed E-state index contributed by atoms with van der Waals surface area (Å²) in [6.07, 6.45) is 13.7. The summed E-state index contributed by atoms with van der Waals surface area (Å²) in [5, 5.41) is 0. The van der Waals surface area contributed by atoms with Crippen LogP contribution in [0.4, 0.5) is 5.82 Å². The van der Waals surface area contributed by atoms with E-state index in [1.807, 2.05) is 36.4 Å². The Morgan fingerprint density at radius 3 is 2.28 bits per heavy atom. The van der Waals surface area contributed by atoms with E-state index in [1.54, 1.807) is 7.11 Å². The average molecular weight is 439 g/mol. The van der Waals surface area contributed by atoms with E-state index in [-0.39, 0.29) is 0 Å². The Labute approximate surface area is 193 Å². The summed E-state index contributed by atoms with van der Waals surface area (Å²) in [5.41, 5.74) is 2.14. The van der Waals surface area contributed by atoms with Gasteiger partial charge >= 0.3 is 0 Å². The minimum Gasteiger partial charge on any atom is -0.481 e. The van der Waals surface area contributed by atoms with Crippen molar-refractivity contribution in [2.45, 2.75) is 64.8 Å². The molecule has 1 aliphatic carbocycles. The predicted octanol–water partition coefficient (Wildman–Crippen LogP) is 5.19. The van der Waals surface area contributed by atoms with Crippen LogP contribution in [0.5, 0.6) is 5.88 Å². The second-order valence-corrected chi connectivity index (χ2v) is 8.92. The van der Waals surface area contributed by atoms with Crippen LogP contribution in [0.15, 0.2) is 36.7 Å². The summed E-state index contributed by atoms with van der Waals surface area (Å²) in [6.45, 7) is 7.44. The molecule has 3 heterocycles. The molecule has 1 saturated heterocycles. The Bertz CT molecular complexity index is 804. The number of carbonyl (C=O) groups is 1. The van der Waals surface area contributed by atoms with Crippen molar-refractivity contribution in [3.63, 3.8) is 0 Å². The topological polar surface area (TPSA) is 58.6 Å². The minimum atomic E-state index is 0.547. The first-order chi connectivity index (χ1) is 15.6. The molecule has 0 N–H and O–H groups in total. The SMILES string of the molecule is CCN(C=O)C1CCCCC1.COc1ccc(-c2ccc(N3CCCC(C)C3)nc2)cn1. The van der Waals surface area contributed by atoms with Gasteiger partial charge in [-0.1, -0.05) is 26.2 Å². The van der Waals surface area contributed by atoms with Gasteiger partial charge in [0.1, 0.15) is 5.82 Å². The number of amides is 1. The molecular formula is C26H38N4O2. The maximum absolute atomic E-state index is 10.6. The van der Waals surface area contributed by atoms with Crippen molar-refractivity contribution in [2.75, 3.05) is 31.6 Å². The van der Waals surface area contributed by atoms with Crippen LogP contribution in [-0.4, -0.2) is 54.1 Å². The number of hydrogen-bond donors (Lipinski definition) is 0.